The Morgan fingerprint density at radius 2 is 2.19 bits per heavy atom. The molecule has 0 radical (unpaired) electrons. The van der Waals surface area contributed by atoms with Gasteiger partial charge in [-0.3, -0.25) is 10.1 Å². The second-order valence-electron chi connectivity index (χ2n) is 4.51. The van der Waals surface area contributed by atoms with Crippen molar-refractivity contribution in [2.75, 3.05) is 0 Å². The highest BCUT2D eigenvalue weighted by Gasteiger charge is 2.27. The van der Waals surface area contributed by atoms with Crippen LogP contribution in [0.5, 0.6) is 0 Å². The summed E-state index contributed by atoms with van der Waals surface area (Å²) in [6.45, 7) is 7.80. The molecule has 0 spiro atoms. The Bertz CT molecular complexity index is 371. The summed E-state index contributed by atoms with van der Waals surface area (Å²) in [5.41, 5.74) is 4.66. The number of nitrogens with two attached hydrogens (primary N) is 1. The van der Waals surface area contributed by atoms with Gasteiger partial charge < -0.3 is 5.73 Å². The van der Waals surface area contributed by atoms with Crippen LogP contribution in [-0.4, -0.2) is 11.4 Å². The van der Waals surface area contributed by atoms with Gasteiger partial charge in [0.2, 0.25) is 5.91 Å². The van der Waals surface area contributed by atoms with Crippen molar-refractivity contribution in [3.63, 3.8) is 0 Å². The van der Waals surface area contributed by atoms with Crippen molar-refractivity contribution in [3.05, 3.63) is 21.9 Å². The van der Waals surface area contributed by atoms with Gasteiger partial charge in [0.15, 0.2) is 0 Å². The van der Waals surface area contributed by atoms with E-state index in [2.05, 4.69) is 31.3 Å². The van der Waals surface area contributed by atoms with E-state index in [1.807, 2.05) is 0 Å². The third-order valence-corrected chi connectivity index (χ3v) is 4.06. The van der Waals surface area contributed by atoms with Crippen LogP contribution in [-0.2, 0) is 11.2 Å². The SMILES string of the molecule is CCc1ccc(C(C)NC(C)(C)C(N)=O)s1. The Kier molecular flexibility index (Phi) is 4.10. The molecule has 0 aliphatic heterocycles. The van der Waals surface area contributed by atoms with Crippen molar-refractivity contribution >= 4 is 17.2 Å². The zero-order chi connectivity index (χ0) is 12.3. The summed E-state index contributed by atoms with van der Waals surface area (Å²) in [5.74, 6) is -0.327. The van der Waals surface area contributed by atoms with Crippen LogP contribution < -0.4 is 11.1 Å². The number of primary amides is 1. The Morgan fingerprint density at radius 3 is 2.62 bits per heavy atom. The van der Waals surface area contributed by atoms with Crippen molar-refractivity contribution in [1.29, 1.82) is 0 Å². The van der Waals surface area contributed by atoms with Gasteiger partial charge in [-0.25, -0.2) is 0 Å². The molecule has 0 saturated carbocycles. The zero-order valence-corrected chi connectivity index (χ0v) is 11.1. The van der Waals surface area contributed by atoms with Crippen LogP contribution in [0.2, 0.25) is 0 Å². The number of amides is 1. The van der Waals surface area contributed by atoms with E-state index < -0.39 is 5.54 Å². The van der Waals surface area contributed by atoms with Crippen molar-refractivity contribution in [2.45, 2.75) is 45.7 Å². The minimum Gasteiger partial charge on any atom is -0.368 e. The number of carbonyl (C=O) groups excluding carboxylic acids is 1. The first kappa shape index (κ1) is 13.2. The first-order valence-corrected chi connectivity index (χ1v) is 6.34. The molecule has 0 aromatic carbocycles. The lowest BCUT2D eigenvalue weighted by Crippen LogP contribution is -2.51. The Balaban J connectivity index is 2.72. The maximum Gasteiger partial charge on any atom is 0.237 e. The van der Waals surface area contributed by atoms with Gasteiger partial charge in [0.25, 0.3) is 0 Å². The topological polar surface area (TPSA) is 55.1 Å². The minimum atomic E-state index is -0.671. The highest BCUT2D eigenvalue weighted by molar-refractivity contribution is 7.12. The summed E-state index contributed by atoms with van der Waals surface area (Å²) in [6.07, 6.45) is 1.05. The number of hydrogen-bond acceptors (Lipinski definition) is 3. The summed E-state index contributed by atoms with van der Waals surface area (Å²) in [6, 6.07) is 4.39. The fourth-order valence-electron chi connectivity index (χ4n) is 1.50. The van der Waals surface area contributed by atoms with Crippen LogP contribution in [0.1, 0.15) is 43.5 Å². The van der Waals surface area contributed by atoms with E-state index in [1.165, 1.54) is 9.75 Å². The molecule has 0 aliphatic carbocycles. The van der Waals surface area contributed by atoms with Gasteiger partial charge in [0, 0.05) is 15.8 Å². The molecule has 4 heteroatoms. The third kappa shape index (κ3) is 3.06. The Labute approximate surface area is 101 Å². The smallest absolute Gasteiger partial charge is 0.237 e. The molecular weight excluding hydrogens is 220 g/mol. The molecular formula is C12H20N2OS. The largest absolute Gasteiger partial charge is 0.368 e. The lowest BCUT2D eigenvalue weighted by molar-refractivity contribution is -0.123. The number of nitrogens with one attached hydrogen (secondary N) is 1. The van der Waals surface area contributed by atoms with Gasteiger partial charge in [0.1, 0.15) is 0 Å². The second kappa shape index (κ2) is 4.97. The van der Waals surface area contributed by atoms with E-state index >= 15 is 0 Å². The van der Waals surface area contributed by atoms with Crippen molar-refractivity contribution in [2.24, 2.45) is 5.73 Å². The van der Waals surface area contributed by atoms with Gasteiger partial charge in [0.05, 0.1) is 5.54 Å². The van der Waals surface area contributed by atoms with Gasteiger partial charge in [-0.1, -0.05) is 6.92 Å². The maximum absolute atomic E-state index is 11.2. The number of thiophene rings is 1. The summed E-state index contributed by atoms with van der Waals surface area (Å²) >= 11 is 1.78. The fourth-order valence-corrected chi connectivity index (χ4v) is 2.46. The lowest BCUT2D eigenvalue weighted by Gasteiger charge is -2.26. The van der Waals surface area contributed by atoms with Crippen LogP contribution in [0, 0.1) is 0 Å². The summed E-state index contributed by atoms with van der Waals surface area (Å²) in [4.78, 5) is 13.8. The molecule has 1 aromatic heterocycles. The number of aryl methyl sites for hydroxylation is 1. The van der Waals surface area contributed by atoms with E-state index in [0.717, 1.165) is 6.42 Å². The fraction of sp³-hybridized carbons (Fsp3) is 0.583. The number of hydrogen-bond donors (Lipinski definition) is 2. The molecule has 16 heavy (non-hydrogen) atoms. The summed E-state index contributed by atoms with van der Waals surface area (Å²) < 4.78 is 0. The van der Waals surface area contributed by atoms with Gasteiger partial charge >= 0.3 is 0 Å². The van der Waals surface area contributed by atoms with E-state index in [4.69, 9.17) is 5.73 Å². The van der Waals surface area contributed by atoms with E-state index in [9.17, 15) is 4.79 Å². The Hall–Kier alpha value is -0.870. The Morgan fingerprint density at radius 1 is 1.56 bits per heavy atom. The monoisotopic (exact) mass is 240 g/mol. The van der Waals surface area contributed by atoms with Crippen molar-refractivity contribution < 1.29 is 4.79 Å². The molecule has 1 unspecified atom stereocenters. The van der Waals surface area contributed by atoms with Gasteiger partial charge in [-0.05, 0) is 39.3 Å². The average Bonchev–Trinajstić information content (AvgIpc) is 2.64. The molecule has 1 heterocycles. The molecule has 0 bridgehead atoms. The zero-order valence-electron chi connectivity index (χ0n) is 10.3. The first-order valence-electron chi connectivity index (χ1n) is 5.53. The summed E-state index contributed by atoms with van der Waals surface area (Å²) in [5, 5.41) is 3.25. The molecule has 1 aromatic rings. The van der Waals surface area contributed by atoms with E-state index in [0.29, 0.717) is 0 Å². The predicted octanol–water partition coefficient (Wildman–Crippen LogP) is 2.23. The molecule has 3 N–H and O–H groups in total. The molecule has 1 rings (SSSR count). The standard InChI is InChI=1S/C12H20N2OS/c1-5-9-6-7-10(16-9)8(2)14-12(3,4)11(13)15/h6-8,14H,5H2,1-4H3,(H2,13,15). The molecule has 0 aliphatic rings. The predicted molar refractivity (Wildman–Crippen MR) is 68.5 cm³/mol. The van der Waals surface area contributed by atoms with Gasteiger partial charge in [-0.2, -0.15) is 0 Å². The molecule has 0 fully saturated rings. The normalized spacial score (nSPS) is 13.8. The van der Waals surface area contributed by atoms with Crippen LogP contribution >= 0.6 is 11.3 Å². The molecule has 3 nitrogen and oxygen atoms in total. The quantitative estimate of drug-likeness (QED) is 0.829. The van der Waals surface area contributed by atoms with Crippen LogP contribution in [0.15, 0.2) is 12.1 Å². The lowest BCUT2D eigenvalue weighted by atomic mass is 10.0. The second-order valence-corrected chi connectivity index (χ2v) is 5.71. The number of carbonyl (C=O) groups is 1. The molecule has 1 atom stereocenters. The van der Waals surface area contributed by atoms with E-state index in [-0.39, 0.29) is 11.9 Å². The van der Waals surface area contributed by atoms with Crippen molar-refractivity contribution in [3.8, 4) is 0 Å². The molecule has 90 valence electrons. The highest BCUT2D eigenvalue weighted by Crippen LogP contribution is 2.25. The van der Waals surface area contributed by atoms with Crippen molar-refractivity contribution in [1.82, 2.24) is 5.32 Å². The average molecular weight is 240 g/mol. The molecule has 1 amide bonds. The minimum absolute atomic E-state index is 0.146. The maximum atomic E-state index is 11.2. The number of rotatable bonds is 5. The van der Waals surface area contributed by atoms with Crippen LogP contribution in [0.4, 0.5) is 0 Å². The molecule has 0 saturated heterocycles. The third-order valence-electron chi connectivity index (χ3n) is 2.65. The van der Waals surface area contributed by atoms with Gasteiger partial charge in [-0.15, -0.1) is 11.3 Å². The van der Waals surface area contributed by atoms with Crippen LogP contribution in [0.3, 0.4) is 0 Å². The van der Waals surface area contributed by atoms with Crippen LogP contribution in [0.25, 0.3) is 0 Å². The highest BCUT2D eigenvalue weighted by atomic mass is 32.1. The first-order chi connectivity index (χ1) is 7.36. The van der Waals surface area contributed by atoms with E-state index in [1.54, 1.807) is 25.2 Å². The summed E-state index contributed by atoms with van der Waals surface area (Å²) in [7, 11) is 0.